The van der Waals surface area contributed by atoms with Gasteiger partial charge in [0.25, 0.3) is 5.56 Å². The van der Waals surface area contributed by atoms with Gasteiger partial charge in [-0.3, -0.25) is 19.0 Å². The summed E-state index contributed by atoms with van der Waals surface area (Å²) < 4.78 is 7.07. The van der Waals surface area contributed by atoms with Gasteiger partial charge in [-0.1, -0.05) is 11.6 Å². The van der Waals surface area contributed by atoms with Crippen LogP contribution in [0, 0.1) is 0 Å². The molecule has 1 N–H and O–H groups in total. The number of hydrogen-bond acceptors (Lipinski definition) is 5. The minimum absolute atomic E-state index is 0.132. The normalized spacial score (nSPS) is 10.9. The number of halogens is 1. The van der Waals surface area contributed by atoms with Crippen molar-refractivity contribution in [3.63, 3.8) is 0 Å². The number of amides is 1. The molecule has 1 amide bonds. The zero-order chi connectivity index (χ0) is 21.8. The lowest BCUT2D eigenvalue weighted by Gasteiger charge is -2.14. The summed E-state index contributed by atoms with van der Waals surface area (Å²) in [5.41, 5.74) is -0.223. The maximum atomic E-state index is 13.2. The van der Waals surface area contributed by atoms with Gasteiger partial charge in [0.05, 0.1) is 23.2 Å². The maximum absolute atomic E-state index is 13.2. The summed E-state index contributed by atoms with van der Waals surface area (Å²) in [5.74, 6) is -0.542. The maximum Gasteiger partial charge on any atom is 0.336 e. The van der Waals surface area contributed by atoms with Crippen LogP contribution < -0.4 is 16.6 Å². The molecule has 1 heterocycles. The predicted octanol–water partition coefficient (Wildman–Crippen LogP) is 1.77. The monoisotopic (exact) mass is 429 g/mol. The molecule has 0 aliphatic carbocycles. The number of nitrogens with zero attached hydrogens (tertiary/aromatic N) is 2. The first-order valence-electron chi connectivity index (χ1n) is 9.15. The van der Waals surface area contributed by atoms with Gasteiger partial charge in [-0.15, -0.1) is 0 Å². The molecule has 0 aliphatic rings. The largest absolute Gasteiger partial charge is 0.383 e. The van der Waals surface area contributed by atoms with Crippen LogP contribution in [0.2, 0.25) is 5.02 Å². The van der Waals surface area contributed by atoms with Crippen molar-refractivity contribution in [3.05, 3.63) is 73.9 Å². The number of carbonyl (C=O) groups is 2. The first-order valence-corrected chi connectivity index (χ1v) is 9.53. The van der Waals surface area contributed by atoms with Crippen LogP contribution in [0.15, 0.2) is 52.1 Å². The molecule has 1 aromatic heterocycles. The van der Waals surface area contributed by atoms with Gasteiger partial charge in [-0.05, 0) is 49.4 Å². The van der Waals surface area contributed by atoms with E-state index in [0.717, 1.165) is 4.57 Å². The van der Waals surface area contributed by atoms with Crippen LogP contribution in [0.5, 0.6) is 0 Å². The van der Waals surface area contributed by atoms with E-state index in [-0.39, 0.29) is 29.8 Å². The van der Waals surface area contributed by atoms with E-state index in [1.165, 1.54) is 55.0 Å². The fourth-order valence-electron chi connectivity index (χ4n) is 3.06. The number of methoxy groups -OCH3 is 1. The highest BCUT2D eigenvalue weighted by atomic mass is 35.5. The first-order chi connectivity index (χ1) is 14.3. The number of aromatic nitrogens is 2. The minimum atomic E-state index is -0.688. The third kappa shape index (κ3) is 4.34. The summed E-state index contributed by atoms with van der Waals surface area (Å²) >= 11 is 6.06. The number of rotatable bonds is 7. The second kappa shape index (κ2) is 9.06. The molecule has 0 saturated carbocycles. The molecule has 156 valence electrons. The third-order valence-corrected chi connectivity index (χ3v) is 4.80. The van der Waals surface area contributed by atoms with Gasteiger partial charge < -0.3 is 10.1 Å². The molecule has 0 atom stereocenters. The van der Waals surface area contributed by atoms with E-state index in [1.54, 1.807) is 6.07 Å². The molecule has 30 heavy (non-hydrogen) atoms. The Labute approximate surface area is 176 Å². The Morgan fingerprint density at radius 1 is 1.10 bits per heavy atom. The predicted molar refractivity (Wildman–Crippen MR) is 114 cm³/mol. The van der Waals surface area contributed by atoms with Crippen LogP contribution in [0.25, 0.3) is 16.6 Å². The van der Waals surface area contributed by atoms with Crippen molar-refractivity contribution in [1.82, 2.24) is 14.5 Å². The lowest BCUT2D eigenvalue weighted by atomic mass is 10.1. The molecule has 0 unspecified atom stereocenters. The average molecular weight is 430 g/mol. The average Bonchev–Trinajstić information content (AvgIpc) is 2.71. The van der Waals surface area contributed by atoms with Crippen LogP contribution in [0.3, 0.4) is 0 Å². The van der Waals surface area contributed by atoms with Gasteiger partial charge in [0.2, 0.25) is 5.91 Å². The summed E-state index contributed by atoms with van der Waals surface area (Å²) in [6.07, 6.45) is 0. The third-order valence-electron chi connectivity index (χ3n) is 4.57. The van der Waals surface area contributed by atoms with E-state index < -0.39 is 17.2 Å². The number of ketones is 1. The van der Waals surface area contributed by atoms with Crippen LogP contribution >= 0.6 is 11.6 Å². The highest BCUT2D eigenvalue weighted by Crippen LogP contribution is 2.17. The Balaban J connectivity index is 2.18. The molecule has 0 radical (unpaired) electrons. The topological polar surface area (TPSA) is 99.4 Å². The fraction of sp³-hybridized carbons (Fsp3) is 0.238. The molecule has 0 saturated heterocycles. The molecule has 0 fully saturated rings. The molecular weight excluding hydrogens is 410 g/mol. The molecule has 0 spiro atoms. The van der Waals surface area contributed by atoms with Crippen LogP contribution in [0.4, 0.5) is 0 Å². The van der Waals surface area contributed by atoms with Gasteiger partial charge >= 0.3 is 5.69 Å². The Morgan fingerprint density at radius 3 is 2.43 bits per heavy atom. The van der Waals surface area contributed by atoms with Crippen molar-refractivity contribution in [2.45, 2.75) is 13.5 Å². The molecule has 3 rings (SSSR count). The van der Waals surface area contributed by atoms with E-state index in [0.29, 0.717) is 22.9 Å². The Morgan fingerprint density at radius 2 is 1.80 bits per heavy atom. The standard InChI is InChI=1S/C21H20ClN3O5/c1-13(26)14-3-6-16(7-4-14)25-20(28)17-8-5-15(22)11-18(17)24(21(25)29)12-19(27)23-9-10-30-2/h3-8,11H,9-10,12H2,1-2H3,(H,23,27). The van der Waals surface area contributed by atoms with Gasteiger partial charge in [0.15, 0.2) is 5.78 Å². The van der Waals surface area contributed by atoms with Gasteiger partial charge in [0.1, 0.15) is 6.54 Å². The van der Waals surface area contributed by atoms with E-state index in [4.69, 9.17) is 16.3 Å². The minimum Gasteiger partial charge on any atom is -0.383 e. The highest BCUT2D eigenvalue weighted by molar-refractivity contribution is 6.31. The van der Waals surface area contributed by atoms with Gasteiger partial charge in [0, 0.05) is 24.2 Å². The smallest absolute Gasteiger partial charge is 0.336 e. The van der Waals surface area contributed by atoms with Gasteiger partial charge in [-0.25, -0.2) is 9.36 Å². The molecular formula is C21H20ClN3O5. The fourth-order valence-corrected chi connectivity index (χ4v) is 3.22. The molecule has 0 aliphatic heterocycles. The Hall–Kier alpha value is -3.23. The van der Waals surface area contributed by atoms with Crippen LogP contribution in [-0.2, 0) is 16.1 Å². The van der Waals surface area contributed by atoms with Crippen molar-refractivity contribution in [2.24, 2.45) is 0 Å². The SMILES string of the molecule is COCCNC(=O)Cn1c(=O)n(-c2ccc(C(C)=O)cc2)c(=O)c2ccc(Cl)cc21. The summed E-state index contributed by atoms with van der Waals surface area (Å²) in [4.78, 5) is 50.1. The zero-order valence-electron chi connectivity index (χ0n) is 16.5. The summed E-state index contributed by atoms with van der Waals surface area (Å²) in [5, 5.41) is 3.22. The zero-order valence-corrected chi connectivity index (χ0v) is 17.2. The number of Topliss-reactive ketones (excluding diaryl/α,β-unsaturated/α-hetero) is 1. The summed E-state index contributed by atoms with van der Waals surface area (Å²) in [6, 6.07) is 10.6. The number of hydrogen-bond donors (Lipinski definition) is 1. The lowest BCUT2D eigenvalue weighted by Crippen LogP contribution is -2.42. The Bertz CT molecular complexity index is 1230. The van der Waals surface area contributed by atoms with E-state index in [9.17, 15) is 19.2 Å². The van der Waals surface area contributed by atoms with Crippen molar-refractivity contribution in [2.75, 3.05) is 20.3 Å². The highest BCUT2D eigenvalue weighted by Gasteiger charge is 2.17. The van der Waals surface area contributed by atoms with Crippen LogP contribution in [0.1, 0.15) is 17.3 Å². The second-order valence-electron chi connectivity index (χ2n) is 6.62. The lowest BCUT2D eigenvalue weighted by molar-refractivity contribution is -0.121. The number of benzene rings is 2. The van der Waals surface area contributed by atoms with Crippen molar-refractivity contribution < 1.29 is 14.3 Å². The molecule has 0 bridgehead atoms. The molecule has 3 aromatic rings. The second-order valence-corrected chi connectivity index (χ2v) is 7.05. The number of fused-ring (bicyclic) bond motifs is 1. The van der Waals surface area contributed by atoms with Crippen LogP contribution in [-0.4, -0.2) is 41.1 Å². The Kier molecular flexibility index (Phi) is 6.49. The summed E-state index contributed by atoms with van der Waals surface area (Å²) in [6.45, 7) is 1.74. The molecule has 2 aromatic carbocycles. The quantitative estimate of drug-likeness (QED) is 0.456. The first kappa shape index (κ1) is 21.5. The molecule has 9 heteroatoms. The van der Waals surface area contributed by atoms with Crippen molar-refractivity contribution in [3.8, 4) is 5.69 Å². The van der Waals surface area contributed by atoms with Crippen molar-refractivity contribution in [1.29, 1.82) is 0 Å². The number of nitrogens with one attached hydrogen (secondary N) is 1. The van der Waals surface area contributed by atoms with E-state index in [2.05, 4.69) is 5.32 Å². The molecule has 8 nitrogen and oxygen atoms in total. The van der Waals surface area contributed by atoms with Crippen molar-refractivity contribution >= 4 is 34.2 Å². The van der Waals surface area contributed by atoms with E-state index >= 15 is 0 Å². The van der Waals surface area contributed by atoms with Gasteiger partial charge in [-0.2, -0.15) is 0 Å². The van der Waals surface area contributed by atoms with E-state index in [1.807, 2.05) is 0 Å². The number of ether oxygens (including phenoxy) is 1. The number of carbonyl (C=O) groups excluding carboxylic acids is 2. The summed E-state index contributed by atoms with van der Waals surface area (Å²) in [7, 11) is 1.51.